The largest absolute Gasteiger partial charge is 0.405 e. The molecule has 4 aromatic heterocycles. The molecule has 0 bridgehead atoms. The zero-order chi connectivity index (χ0) is 31.1. The molecule has 230 valence electrons. The van der Waals surface area contributed by atoms with Crippen molar-refractivity contribution < 1.29 is 9.53 Å². The van der Waals surface area contributed by atoms with Crippen molar-refractivity contribution in [2.45, 2.75) is 65.6 Å². The van der Waals surface area contributed by atoms with E-state index in [9.17, 15) is 4.79 Å². The van der Waals surface area contributed by atoms with Crippen molar-refractivity contribution in [3.8, 4) is 11.9 Å². The second kappa shape index (κ2) is 14.5. The van der Waals surface area contributed by atoms with E-state index in [1.54, 1.807) is 24.5 Å². The number of hydrogen-bond acceptors (Lipinski definition) is 9. The van der Waals surface area contributed by atoms with Crippen LogP contribution in [0.25, 0.3) is 0 Å². The van der Waals surface area contributed by atoms with Gasteiger partial charge < -0.3 is 19.9 Å². The summed E-state index contributed by atoms with van der Waals surface area (Å²) in [5, 5.41) is 3.49. The second-order valence-electron chi connectivity index (χ2n) is 11.3. The summed E-state index contributed by atoms with van der Waals surface area (Å²) >= 11 is 6.04. The maximum absolute atomic E-state index is 12.9. The molecule has 1 aliphatic rings. The standard InChI is InChI=1S/C33H39ClN8O2/c1-22-8-14-35-19-26(22)21-42(28-6-7-30(39-20-28)44-33-37-12-5-13-38-33)27-10-16-41(17-11-27)24(3)9-15-36-32(43)31-23(2)18-29(34)40-25(31)4/h5-8,12-14,18-20,24,27H,9-11,15-17,21H2,1-4H3,(H,36,43)/t24-/m1/s1. The molecule has 0 aliphatic carbocycles. The van der Waals surface area contributed by atoms with Crippen LogP contribution in [0.15, 0.2) is 61.3 Å². The number of rotatable bonds is 11. The number of piperidine rings is 1. The molecular weight excluding hydrogens is 576 g/mol. The van der Waals surface area contributed by atoms with Gasteiger partial charge in [0, 0.05) is 69.1 Å². The highest BCUT2D eigenvalue weighted by atomic mass is 35.5. The van der Waals surface area contributed by atoms with Crippen LogP contribution in [0.2, 0.25) is 5.15 Å². The van der Waals surface area contributed by atoms with Crippen molar-refractivity contribution in [1.82, 2.24) is 35.1 Å². The number of nitrogens with zero attached hydrogens (tertiary/aromatic N) is 7. The molecule has 1 N–H and O–H groups in total. The summed E-state index contributed by atoms with van der Waals surface area (Å²) in [4.78, 5) is 39.2. The van der Waals surface area contributed by atoms with Crippen LogP contribution in [0.1, 0.15) is 58.9 Å². The van der Waals surface area contributed by atoms with E-state index in [0.29, 0.717) is 40.9 Å². The van der Waals surface area contributed by atoms with Crippen LogP contribution < -0.4 is 15.0 Å². The molecule has 44 heavy (non-hydrogen) atoms. The van der Waals surface area contributed by atoms with Crippen molar-refractivity contribution in [1.29, 1.82) is 0 Å². The third-order valence-electron chi connectivity index (χ3n) is 8.28. The minimum Gasteiger partial charge on any atom is -0.405 e. The van der Waals surface area contributed by atoms with Gasteiger partial charge in [-0.05, 0) is 87.9 Å². The first kappa shape index (κ1) is 31.3. The fourth-order valence-electron chi connectivity index (χ4n) is 5.74. The number of amides is 1. The predicted molar refractivity (Wildman–Crippen MR) is 171 cm³/mol. The number of carbonyl (C=O) groups is 1. The third kappa shape index (κ3) is 7.86. The van der Waals surface area contributed by atoms with Gasteiger partial charge in [-0.2, -0.15) is 0 Å². The normalized spacial score (nSPS) is 14.7. The van der Waals surface area contributed by atoms with E-state index in [1.165, 1.54) is 11.1 Å². The van der Waals surface area contributed by atoms with Gasteiger partial charge in [-0.15, -0.1) is 0 Å². The first-order valence-corrected chi connectivity index (χ1v) is 15.4. The number of hydrogen-bond donors (Lipinski definition) is 1. The average Bonchev–Trinajstić information content (AvgIpc) is 3.01. The van der Waals surface area contributed by atoms with E-state index < -0.39 is 0 Å². The van der Waals surface area contributed by atoms with Gasteiger partial charge >= 0.3 is 6.01 Å². The lowest BCUT2D eigenvalue weighted by Gasteiger charge is -2.42. The molecule has 0 unspecified atom stereocenters. The minimum absolute atomic E-state index is 0.0993. The number of halogens is 1. The van der Waals surface area contributed by atoms with Crippen LogP contribution >= 0.6 is 11.6 Å². The quantitative estimate of drug-likeness (QED) is 0.212. The number of aromatic nitrogens is 5. The summed E-state index contributed by atoms with van der Waals surface area (Å²) in [7, 11) is 0. The highest BCUT2D eigenvalue weighted by Gasteiger charge is 2.28. The number of pyridine rings is 3. The minimum atomic E-state index is -0.0993. The highest BCUT2D eigenvalue weighted by Crippen LogP contribution is 2.28. The number of ether oxygens (including phenoxy) is 1. The van der Waals surface area contributed by atoms with E-state index in [2.05, 4.69) is 60.0 Å². The summed E-state index contributed by atoms with van der Waals surface area (Å²) in [6, 6.07) is 10.4. The number of likely N-dealkylation sites (tertiary alicyclic amines) is 1. The van der Waals surface area contributed by atoms with Gasteiger partial charge in [-0.3, -0.25) is 9.78 Å². The maximum atomic E-state index is 12.9. The molecule has 0 radical (unpaired) electrons. The Morgan fingerprint density at radius 1 is 1.07 bits per heavy atom. The van der Waals surface area contributed by atoms with Crippen LogP contribution in [0.5, 0.6) is 11.9 Å². The van der Waals surface area contributed by atoms with Crippen molar-refractivity contribution >= 4 is 23.2 Å². The van der Waals surface area contributed by atoms with Crippen LogP contribution in [-0.4, -0.2) is 67.4 Å². The molecule has 4 aromatic rings. The van der Waals surface area contributed by atoms with Crippen LogP contribution in [0, 0.1) is 20.8 Å². The predicted octanol–water partition coefficient (Wildman–Crippen LogP) is 5.71. The van der Waals surface area contributed by atoms with Crippen LogP contribution in [0.4, 0.5) is 5.69 Å². The highest BCUT2D eigenvalue weighted by molar-refractivity contribution is 6.29. The Bertz CT molecular complexity index is 1520. The Hall–Kier alpha value is -4.15. The molecule has 1 amide bonds. The zero-order valence-corrected chi connectivity index (χ0v) is 26.5. The number of aryl methyl sites for hydroxylation is 3. The molecule has 0 aromatic carbocycles. The zero-order valence-electron chi connectivity index (χ0n) is 25.7. The van der Waals surface area contributed by atoms with E-state index in [4.69, 9.17) is 16.3 Å². The smallest absolute Gasteiger partial charge is 0.323 e. The lowest BCUT2D eigenvalue weighted by molar-refractivity contribution is 0.0943. The Morgan fingerprint density at radius 2 is 1.84 bits per heavy atom. The fourth-order valence-corrected chi connectivity index (χ4v) is 6.03. The van der Waals surface area contributed by atoms with Gasteiger partial charge in [0.2, 0.25) is 5.88 Å². The summed E-state index contributed by atoms with van der Waals surface area (Å²) in [5.74, 6) is 0.351. The van der Waals surface area contributed by atoms with Crippen molar-refractivity contribution in [3.63, 3.8) is 0 Å². The van der Waals surface area contributed by atoms with Gasteiger partial charge in [0.05, 0.1) is 23.1 Å². The number of nitrogens with one attached hydrogen (secondary N) is 1. The SMILES string of the molecule is Cc1ccncc1CN(c1ccc(Oc2ncccn2)nc1)C1CCN([C@H](C)CCNC(=O)c2c(C)cc(Cl)nc2C)CC1. The van der Waals surface area contributed by atoms with E-state index in [0.717, 1.165) is 50.1 Å². The van der Waals surface area contributed by atoms with Gasteiger partial charge in [0.1, 0.15) is 5.15 Å². The second-order valence-corrected chi connectivity index (χ2v) is 11.7. The molecule has 0 spiro atoms. The lowest BCUT2D eigenvalue weighted by atomic mass is 9.99. The summed E-state index contributed by atoms with van der Waals surface area (Å²) < 4.78 is 5.72. The number of carbonyl (C=O) groups excluding carboxylic acids is 1. The van der Waals surface area contributed by atoms with Crippen LogP contribution in [0.3, 0.4) is 0 Å². The first-order valence-electron chi connectivity index (χ1n) is 15.0. The van der Waals surface area contributed by atoms with Gasteiger partial charge in [-0.25, -0.2) is 19.9 Å². The van der Waals surface area contributed by atoms with Gasteiger partial charge in [-0.1, -0.05) is 11.6 Å². The molecule has 0 saturated carbocycles. The Balaban J connectivity index is 1.19. The monoisotopic (exact) mass is 614 g/mol. The van der Waals surface area contributed by atoms with E-state index in [-0.39, 0.29) is 11.9 Å². The Kier molecular flexibility index (Phi) is 10.3. The summed E-state index contributed by atoms with van der Waals surface area (Å²) in [6.45, 7) is 11.4. The molecular formula is C33H39ClN8O2. The molecule has 5 heterocycles. The molecule has 1 saturated heterocycles. The Labute approximate surface area is 263 Å². The summed E-state index contributed by atoms with van der Waals surface area (Å²) in [5.41, 5.74) is 5.53. The number of anilines is 1. The Morgan fingerprint density at radius 3 is 2.52 bits per heavy atom. The lowest BCUT2D eigenvalue weighted by Crippen LogP contribution is -2.48. The third-order valence-corrected chi connectivity index (χ3v) is 8.48. The van der Waals surface area contributed by atoms with Gasteiger partial charge in [0.25, 0.3) is 5.91 Å². The fraction of sp³-hybridized carbons (Fsp3) is 0.394. The van der Waals surface area contributed by atoms with Crippen molar-refractivity contribution in [2.24, 2.45) is 0 Å². The van der Waals surface area contributed by atoms with Crippen molar-refractivity contribution in [3.05, 3.63) is 94.4 Å². The van der Waals surface area contributed by atoms with Crippen LogP contribution in [-0.2, 0) is 6.54 Å². The molecule has 1 fully saturated rings. The molecule has 10 nitrogen and oxygen atoms in total. The molecule has 1 aliphatic heterocycles. The maximum Gasteiger partial charge on any atom is 0.323 e. The van der Waals surface area contributed by atoms with E-state index in [1.807, 2.05) is 44.6 Å². The van der Waals surface area contributed by atoms with Crippen molar-refractivity contribution in [2.75, 3.05) is 24.5 Å². The average molecular weight is 615 g/mol. The van der Waals surface area contributed by atoms with E-state index >= 15 is 0 Å². The first-order chi connectivity index (χ1) is 21.3. The molecule has 5 rings (SSSR count). The molecule has 11 heteroatoms. The van der Waals surface area contributed by atoms with Gasteiger partial charge in [0.15, 0.2) is 0 Å². The summed E-state index contributed by atoms with van der Waals surface area (Å²) in [6.07, 6.45) is 11.8. The topological polar surface area (TPSA) is 109 Å². The molecule has 1 atom stereocenters.